The van der Waals surface area contributed by atoms with Crippen LogP contribution in [0, 0.1) is 0 Å². The van der Waals surface area contributed by atoms with E-state index in [-0.39, 0.29) is 12.1 Å². The number of rotatable bonds is 4. The number of hydrogen-bond acceptors (Lipinski definition) is 2. The molecule has 0 N–H and O–H groups in total. The highest BCUT2D eigenvalue weighted by atomic mass is 16.6. The monoisotopic (exact) mass is 221 g/mol. The smallest absolute Gasteiger partial charge is 0.410 e. The van der Waals surface area contributed by atoms with Gasteiger partial charge in [-0.1, -0.05) is 25.1 Å². The van der Waals surface area contributed by atoms with E-state index < -0.39 is 0 Å². The molecule has 1 aromatic rings. The SMILES string of the molecule is CCC(C)N(CC)C(=O)Oc1ccccc1. The van der Waals surface area contributed by atoms with E-state index in [2.05, 4.69) is 6.92 Å². The molecular weight excluding hydrogens is 202 g/mol. The lowest BCUT2D eigenvalue weighted by molar-refractivity contribution is 0.137. The van der Waals surface area contributed by atoms with Crippen LogP contribution >= 0.6 is 0 Å². The van der Waals surface area contributed by atoms with Crippen LogP contribution in [0.25, 0.3) is 0 Å². The molecule has 0 spiro atoms. The Bertz CT molecular complexity index is 324. The van der Waals surface area contributed by atoms with Gasteiger partial charge in [-0.25, -0.2) is 4.79 Å². The Balaban J connectivity index is 2.63. The van der Waals surface area contributed by atoms with Crippen LogP contribution in [0.2, 0.25) is 0 Å². The molecule has 0 heterocycles. The van der Waals surface area contributed by atoms with Gasteiger partial charge in [-0.15, -0.1) is 0 Å². The molecule has 3 nitrogen and oxygen atoms in total. The second-order valence-corrected chi connectivity index (χ2v) is 3.72. The fourth-order valence-corrected chi connectivity index (χ4v) is 1.49. The number of para-hydroxylation sites is 1. The summed E-state index contributed by atoms with van der Waals surface area (Å²) in [6.45, 7) is 6.71. The summed E-state index contributed by atoms with van der Waals surface area (Å²) in [6, 6.07) is 9.36. The lowest BCUT2D eigenvalue weighted by Crippen LogP contribution is -2.39. The lowest BCUT2D eigenvalue weighted by atomic mass is 10.2. The van der Waals surface area contributed by atoms with Gasteiger partial charge in [-0.05, 0) is 32.4 Å². The lowest BCUT2D eigenvalue weighted by Gasteiger charge is -2.26. The summed E-state index contributed by atoms with van der Waals surface area (Å²) in [4.78, 5) is 13.6. The molecule has 0 aliphatic carbocycles. The molecular formula is C13H19NO2. The predicted octanol–water partition coefficient (Wildman–Crippen LogP) is 3.31. The van der Waals surface area contributed by atoms with Gasteiger partial charge >= 0.3 is 6.09 Å². The summed E-state index contributed by atoms with van der Waals surface area (Å²) < 4.78 is 5.28. The van der Waals surface area contributed by atoms with Gasteiger partial charge in [0.15, 0.2) is 0 Å². The number of carbonyl (C=O) groups excluding carboxylic acids is 1. The Morgan fingerprint density at radius 3 is 2.44 bits per heavy atom. The summed E-state index contributed by atoms with van der Waals surface area (Å²) in [7, 11) is 0. The third-order valence-electron chi connectivity index (χ3n) is 2.65. The zero-order chi connectivity index (χ0) is 12.0. The van der Waals surface area contributed by atoms with Crippen molar-refractivity contribution in [3.63, 3.8) is 0 Å². The van der Waals surface area contributed by atoms with E-state index in [0.29, 0.717) is 12.3 Å². The van der Waals surface area contributed by atoms with Crippen molar-refractivity contribution in [1.29, 1.82) is 0 Å². The minimum Gasteiger partial charge on any atom is -0.410 e. The minimum atomic E-state index is -0.275. The van der Waals surface area contributed by atoms with Crippen LogP contribution in [-0.2, 0) is 0 Å². The van der Waals surface area contributed by atoms with E-state index >= 15 is 0 Å². The maximum absolute atomic E-state index is 11.8. The van der Waals surface area contributed by atoms with Gasteiger partial charge < -0.3 is 9.64 Å². The van der Waals surface area contributed by atoms with Gasteiger partial charge in [0.05, 0.1) is 0 Å². The van der Waals surface area contributed by atoms with E-state index in [0.717, 1.165) is 6.42 Å². The Labute approximate surface area is 97.0 Å². The summed E-state index contributed by atoms with van der Waals surface area (Å²) in [5.74, 6) is 0.592. The second-order valence-electron chi connectivity index (χ2n) is 3.72. The van der Waals surface area contributed by atoms with Crippen molar-refractivity contribution in [2.75, 3.05) is 6.54 Å². The normalized spacial score (nSPS) is 11.9. The largest absolute Gasteiger partial charge is 0.415 e. The molecule has 3 heteroatoms. The van der Waals surface area contributed by atoms with Gasteiger partial charge in [0.1, 0.15) is 5.75 Å². The van der Waals surface area contributed by atoms with Gasteiger partial charge in [0, 0.05) is 12.6 Å². The van der Waals surface area contributed by atoms with Crippen LogP contribution in [0.1, 0.15) is 27.2 Å². The molecule has 88 valence electrons. The first kappa shape index (κ1) is 12.6. The van der Waals surface area contributed by atoms with E-state index in [1.807, 2.05) is 32.0 Å². The maximum Gasteiger partial charge on any atom is 0.415 e. The van der Waals surface area contributed by atoms with Crippen molar-refractivity contribution < 1.29 is 9.53 Å². The van der Waals surface area contributed by atoms with Gasteiger partial charge in [0.2, 0.25) is 0 Å². The van der Waals surface area contributed by atoms with Crippen molar-refractivity contribution in [2.45, 2.75) is 33.2 Å². The first-order valence-electron chi connectivity index (χ1n) is 5.72. The summed E-state index contributed by atoms with van der Waals surface area (Å²) in [5.41, 5.74) is 0. The average Bonchev–Trinajstić information content (AvgIpc) is 2.31. The number of amides is 1. The molecule has 1 atom stereocenters. The number of ether oxygens (including phenoxy) is 1. The van der Waals surface area contributed by atoms with E-state index in [4.69, 9.17) is 4.74 Å². The molecule has 1 aromatic carbocycles. The number of hydrogen-bond donors (Lipinski definition) is 0. The van der Waals surface area contributed by atoms with Gasteiger partial charge in [-0.2, -0.15) is 0 Å². The third kappa shape index (κ3) is 3.26. The van der Waals surface area contributed by atoms with Crippen LogP contribution in [0.15, 0.2) is 30.3 Å². The maximum atomic E-state index is 11.8. The standard InChI is InChI=1S/C13H19NO2/c1-4-11(3)14(5-2)13(15)16-12-9-7-6-8-10-12/h6-11H,4-5H2,1-3H3. The Morgan fingerprint density at radius 2 is 1.94 bits per heavy atom. The molecule has 1 unspecified atom stereocenters. The van der Waals surface area contributed by atoms with E-state index in [1.54, 1.807) is 17.0 Å². The average molecular weight is 221 g/mol. The highest BCUT2D eigenvalue weighted by molar-refractivity contribution is 5.70. The summed E-state index contributed by atoms with van der Waals surface area (Å²) in [5, 5.41) is 0. The van der Waals surface area contributed by atoms with Gasteiger partial charge in [0.25, 0.3) is 0 Å². The van der Waals surface area contributed by atoms with Crippen LogP contribution in [-0.4, -0.2) is 23.6 Å². The first-order chi connectivity index (χ1) is 7.69. The van der Waals surface area contributed by atoms with Crippen molar-refractivity contribution in [3.05, 3.63) is 30.3 Å². The molecule has 0 aliphatic rings. The highest BCUT2D eigenvalue weighted by Crippen LogP contribution is 2.12. The molecule has 0 saturated heterocycles. The third-order valence-corrected chi connectivity index (χ3v) is 2.65. The molecule has 0 fully saturated rings. The number of benzene rings is 1. The van der Waals surface area contributed by atoms with Crippen molar-refractivity contribution in [1.82, 2.24) is 4.90 Å². The minimum absolute atomic E-state index is 0.209. The zero-order valence-electron chi connectivity index (χ0n) is 10.1. The van der Waals surface area contributed by atoms with Crippen LogP contribution < -0.4 is 4.74 Å². The van der Waals surface area contributed by atoms with Crippen molar-refractivity contribution in [2.24, 2.45) is 0 Å². The topological polar surface area (TPSA) is 29.5 Å². The number of nitrogens with zero attached hydrogens (tertiary/aromatic N) is 1. The van der Waals surface area contributed by atoms with Crippen LogP contribution in [0.3, 0.4) is 0 Å². The quantitative estimate of drug-likeness (QED) is 0.780. The Hall–Kier alpha value is -1.51. The zero-order valence-corrected chi connectivity index (χ0v) is 10.1. The molecule has 0 aromatic heterocycles. The molecule has 16 heavy (non-hydrogen) atoms. The predicted molar refractivity (Wildman–Crippen MR) is 64.6 cm³/mol. The molecule has 1 rings (SSSR count). The van der Waals surface area contributed by atoms with E-state index in [9.17, 15) is 4.79 Å². The van der Waals surface area contributed by atoms with Crippen molar-refractivity contribution >= 4 is 6.09 Å². The van der Waals surface area contributed by atoms with Gasteiger partial charge in [-0.3, -0.25) is 0 Å². The second kappa shape index (κ2) is 6.16. The summed E-state index contributed by atoms with van der Waals surface area (Å²) >= 11 is 0. The molecule has 0 radical (unpaired) electrons. The molecule has 0 bridgehead atoms. The first-order valence-corrected chi connectivity index (χ1v) is 5.72. The fraction of sp³-hybridized carbons (Fsp3) is 0.462. The number of carbonyl (C=O) groups is 1. The Kier molecular flexibility index (Phi) is 4.83. The van der Waals surface area contributed by atoms with E-state index in [1.165, 1.54) is 0 Å². The van der Waals surface area contributed by atoms with Crippen molar-refractivity contribution in [3.8, 4) is 5.75 Å². The Morgan fingerprint density at radius 1 is 1.31 bits per heavy atom. The fourth-order valence-electron chi connectivity index (χ4n) is 1.49. The molecule has 0 saturated carbocycles. The summed E-state index contributed by atoms with van der Waals surface area (Å²) in [6.07, 6.45) is 0.653. The highest BCUT2D eigenvalue weighted by Gasteiger charge is 2.18. The van der Waals surface area contributed by atoms with Crippen LogP contribution in [0.4, 0.5) is 4.79 Å². The van der Waals surface area contributed by atoms with Crippen LogP contribution in [0.5, 0.6) is 5.75 Å². The molecule has 1 amide bonds. The molecule has 0 aliphatic heterocycles.